The SMILES string of the molecule is N#C/C=C/c1ccc(C(F)(F)F)cc1. The molecule has 14 heavy (non-hydrogen) atoms. The summed E-state index contributed by atoms with van der Waals surface area (Å²) in [6, 6.07) is 6.36. The van der Waals surface area contributed by atoms with Gasteiger partial charge in [-0.05, 0) is 23.8 Å². The van der Waals surface area contributed by atoms with E-state index in [0.717, 1.165) is 12.1 Å². The third-order valence-corrected chi connectivity index (χ3v) is 1.59. The largest absolute Gasteiger partial charge is 0.416 e. The van der Waals surface area contributed by atoms with Gasteiger partial charge in [0.15, 0.2) is 0 Å². The van der Waals surface area contributed by atoms with Gasteiger partial charge in [-0.15, -0.1) is 0 Å². The summed E-state index contributed by atoms with van der Waals surface area (Å²) >= 11 is 0. The number of nitrogens with zero attached hydrogens (tertiary/aromatic N) is 1. The molecule has 1 rings (SSSR count). The van der Waals surface area contributed by atoms with Crippen LogP contribution in [0.3, 0.4) is 0 Å². The van der Waals surface area contributed by atoms with E-state index in [1.165, 1.54) is 24.3 Å². The number of benzene rings is 1. The van der Waals surface area contributed by atoms with Crippen molar-refractivity contribution in [1.29, 1.82) is 5.26 Å². The van der Waals surface area contributed by atoms with Crippen LogP contribution in [-0.2, 0) is 6.18 Å². The van der Waals surface area contributed by atoms with Gasteiger partial charge in [-0.3, -0.25) is 0 Å². The molecular weight excluding hydrogens is 191 g/mol. The van der Waals surface area contributed by atoms with Gasteiger partial charge in [-0.1, -0.05) is 12.1 Å². The summed E-state index contributed by atoms with van der Waals surface area (Å²) < 4.78 is 36.3. The molecule has 0 fully saturated rings. The topological polar surface area (TPSA) is 23.8 Å². The first kappa shape index (κ1) is 10.3. The van der Waals surface area contributed by atoms with Crippen molar-refractivity contribution in [1.82, 2.24) is 0 Å². The highest BCUT2D eigenvalue weighted by Gasteiger charge is 2.29. The van der Waals surface area contributed by atoms with Crippen LogP contribution in [0, 0.1) is 11.3 Å². The van der Waals surface area contributed by atoms with Gasteiger partial charge in [0.1, 0.15) is 0 Å². The molecule has 1 nitrogen and oxygen atoms in total. The molecule has 0 aliphatic carbocycles. The van der Waals surface area contributed by atoms with Gasteiger partial charge in [0.25, 0.3) is 0 Å². The highest BCUT2D eigenvalue weighted by Crippen LogP contribution is 2.29. The molecule has 0 saturated carbocycles. The van der Waals surface area contributed by atoms with Gasteiger partial charge in [0.05, 0.1) is 11.6 Å². The molecule has 4 heteroatoms. The third kappa shape index (κ3) is 2.63. The number of alkyl halides is 3. The van der Waals surface area contributed by atoms with Gasteiger partial charge in [-0.25, -0.2) is 0 Å². The van der Waals surface area contributed by atoms with Crippen molar-refractivity contribution in [3.05, 3.63) is 41.5 Å². The summed E-state index contributed by atoms with van der Waals surface area (Å²) in [5, 5.41) is 8.19. The summed E-state index contributed by atoms with van der Waals surface area (Å²) in [6.45, 7) is 0. The fourth-order valence-electron chi connectivity index (χ4n) is 0.917. The predicted octanol–water partition coefficient (Wildman–Crippen LogP) is 3.24. The van der Waals surface area contributed by atoms with Crippen molar-refractivity contribution < 1.29 is 13.2 Å². The summed E-state index contributed by atoms with van der Waals surface area (Å²) in [5.74, 6) is 0. The Morgan fingerprint density at radius 1 is 1.14 bits per heavy atom. The van der Waals surface area contributed by atoms with E-state index < -0.39 is 11.7 Å². The van der Waals surface area contributed by atoms with Crippen LogP contribution in [0.5, 0.6) is 0 Å². The smallest absolute Gasteiger partial charge is 0.193 e. The fraction of sp³-hybridized carbons (Fsp3) is 0.100. The summed E-state index contributed by atoms with van der Waals surface area (Å²) in [6.07, 6.45) is -1.65. The zero-order chi connectivity index (χ0) is 10.6. The molecule has 0 bridgehead atoms. The van der Waals surface area contributed by atoms with E-state index in [4.69, 9.17) is 5.26 Å². The van der Waals surface area contributed by atoms with Gasteiger partial charge >= 0.3 is 6.18 Å². The summed E-state index contributed by atoms with van der Waals surface area (Å²) in [5.41, 5.74) is -0.119. The number of nitriles is 1. The number of allylic oxidation sites excluding steroid dienone is 1. The molecule has 0 saturated heterocycles. The zero-order valence-corrected chi connectivity index (χ0v) is 7.05. The van der Waals surface area contributed by atoms with Crippen molar-refractivity contribution >= 4 is 6.08 Å². The molecule has 0 aliphatic rings. The number of rotatable bonds is 1. The Bertz CT molecular complexity index is 368. The first-order chi connectivity index (χ1) is 6.54. The van der Waals surface area contributed by atoms with Crippen LogP contribution in [0.25, 0.3) is 6.08 Å². The lowest BCUT2D eigenvalue weighted by Gasteiger charge is -2.05. The Morgan fingerprint density at radius 2 is 1.71 bits per heavy atom. The van der Waals surface area contributed by atoms with Crippen molar-refractivity contribution in [2.24, 2.45) is 0 Å². The molecule has 0 amide bonds. The Morgan fingerprint density at radius 3 is 2.14 bits per heavy atom. The minimum atomic E-state index is -4.31. The minimum absolute atomic E-state index is 0.569. The maximum Gasteiger partial charge on any atom is 0.416 e. The van der Waals surface area contributed by atoms with E-state index in [1.54, 1.807) is 6.07 Å². The fourth-order valence-corrected chi connectivity index (χ4v) is 0.917. The molecule has 0 aromatic heterocycles. The molecule has 0 radical (unpaired) electrons. The van der Waals surface area contributed by atoms with E-state index >= 15 is 0 Å². The Labute approximate surface area is 79.1 Å². The molecular formula is C10H6F3N. The monoisotopic (exact) mass is 197 g/mol. The number of hydrogen-bond acceptors (Lipinski definition) is 1. The molecule has 0 unspecified atom stereocenters. The van der Waals surface area contributed by atoms with Crippen LogP contribution < -0.4 is 0 Å². The zero-order valence-electron chi connectivity index (χ0n) is 7.05. The Balaban J connectivity index is 2.91. The van der Waals surface area contributed by atoms with Crippen molar-refractivity contribution in [3.8, 4) is 6.07 Å². The van der Waals surface area contributed by atoms with E-state index in [1.807, 2.05) is 0 Å². The second-order valence-corrected chi connectivity index (χ2v) is 2.58. The molecule has 1 aromatic carbocycles. The molecule has 72 valence electrons. The van der Waals surface area contributed by atoms with Crippen molar-refractivity contribution in [3.63, 3.8) is 0 Å². The summed E-state index contributed by atoms with van der Waals surface area (Å²) in [4.78, 5) is 0. The third-order valence-electron chi connectivity index (χ3n) is 1.59. The lowest BCUT2D eigenvalue weighted by Crippen LogP contribution is -2.03. The Kier molecular flexibility index (Phi) is 2.92. The number of halogens is 3. The average molecular weight is 197 g/mol. The average Bonchev–Trinajstić information content (AvgIpc) is 2.14. The molecule has 0 atom stereocenters. The molecule has 0 heterocycles. The first-order valence-electron chi connectivity index (χ1n) is 3.77. The van der Waals surface area contributed by atoms with Gasteiger partial charge in [0.2, 0.25) is 0 Å². The first-order valence-corrected chi connectivity index (χ1v) is 3.77. The van der Waals surface area contributed by atoms with Crippen molar-refractivity contribution in [2.75, 3.05) is 0 Å². The van der Waals surface area contributed by atoms with Gasteiger partial charge in [-0.2, -0.15) is 18.4 Å². The second-order valence-electron chi connectivity index (χ2n) is 2.58. The van der Waals surface area contributed by atoms with Crippen LogP contribution in [0.15, 0.2) is 30.3 Å². The van der Waals surface area contributed by atoms with E-state index in [-0.39, 0.29) is 0 Å². The minimum Gasteiger partial charge on any atom is -0.193 e. The lowest BCUT2D eigenvalue weighted by atomic mass is 10.1. The van der Waals surface area contributed by atoms with Crippen molar-refractivity contribution in [2.45, 2.75) is 6.18 Å². The lowest BCUT2D eigenvalue weighted by molar-refractivity contribution is -0.137. The standard InChI is InChI=1S/C10H6F3N/c11-10(12,13)9-5-3-8(4-6-9)2-1-7-14/h1-6H/b2-1+. The van der Waals surface area contributed by atoms with Crippen LogP contribution in [0.4, 0.5) is 13.2 Å². The van der Waals surface area contributed by atoms with Crippen LogP contribution >= 0.6 is 0 Å². The quantitative estimate of drug-likeness (QED) is 0.634. The van der Waals surface area contributed by atoms with Crippen LogP contribution in [-0.4, -0.2) is 0 Å². The summed E-state index contributed by atoms with van der Waals surface area (Å²) in [7, 11) is 0. The van der Waals surface area contributed by atoms with E-state index in [9.17, 15) is 13.2 Å². The van der Waals surface area contributed by atoms with E-state index in [0.29, 0.717) is 5.56 Å². The maximum atomic E-state index is 12.1. The molecule has 1 aromatic rings. The highest BCUT2D eigenvalue weighted by atomic mass is 19.4. The second kappa shape index (κ2) is 3.97. The van der Waals surface area contributed by atoms with Gasteiger partial charge in [0, 0.05) is 6.08 Å². The molecule has 0 aliphatic heterocycles. The Hall–Kier alpha value is -1.76. The van der Waals surface area contributed by atoms with E-state index in [2.05, 4.69) is 0 Å². The normalized spacial score (nSPS) is 11.6. The number of hydrogen-bond donors (Lipinski definition) is 0. The van der Waals surface area contributed by atoms with Crippen LogP contribution in [0.2, 0.25) is 0 Å². The maximum absolute atomic E-state index is 12.1. The molecule has 0 spiro atoms. The highest BCUT2D eigenvalue weighted by molar-refractivity contribution is 5.52. The molecule has 0 N–H and O–H groups in total. The predicted molar refractivity (Wildman–Crippen MR) is 46.1 cm³/mol. The van der Waals surface area contributed by atoms with Gasteiger partial charge < -0.3 is 0 Å². The van der Waals surface area contributed by atoms with Crippen LogP contribution in [0.1, 0.15) is 11.1 Å².